The lowest BCUT2D eigenvalue weighted by molar-refractivity contribution is -0.286. The summed E-state index contributed by atoms with van der Waals surface area (Å²) in [6, 6.07) is 9.28. The second kappa shape index (κ2) is 9.94. The predicted octanol–water partition coefficient (Wildman–Crippen LogP) is 3.20. The first kappa shape index (κ1) is 27.4. The number of nitrogens with one attached hydrogen (secondary N) is 1. The minimum absolute atomic E-state index is 0.0586. The van der Waals surface area contributed by atoms with Crippen molar-refractivity contribution in [2.75, 3.05) is 19.7 Å². The Balaban J connectivity index is 1.16. The zero-order chi connectivity index (χ0) is 29.1. The average molecular weight is 593 g/mol. The molecule has 0 aliphatic carbocycles. The van der Waals surface area contributed by atoms with Crippen molar-refractivity contribution in [1.82, 2.24) is 19.4 Å². The molecule has 3 aliphatic rings. The van der Waals surface area contributed by atoms with Crippen molar-refractivity contribution < 1.29 is 40.6 Å². The summed E-state index contributed by atoms with van der Waals surface area (Å²) in [5, 5.41) is 3.78. The van der Waals surface area contributed by atoms with Crippen LogP contribution in [0.1, 0.15) is 23.6 Å². The van der Waals surface area contributed by atoms with Crippen molar-refractivity contribution in [3.8, 4) is 28.5 Å². The van der Waals surface area contributed by atoms with Crippen LogP contribution in [0.25, 0.3) is 11.1 Å². The second-order valence-corrected chi connectivity index (χ2v) is 12.0. The molecule has 2 aromatic carbocycles. The van der Waals surface area contributed by atoms with E-state index in [0.29, 0.717) is 37.2 Å². The third kappa shape index (κ3) is 5.33. The maximum Gasteiger partial charge on any atom is 0.586 e. The molecule has 1 fully saturated rings. The molecule has 0 unspecified atom stereocenters. The number of hydrogen-bond donors (Lipinski definition) is 1. The zero-order valence-electron chi connectivity index (χ0n) is 22.2. The SMILES string of the molecule is CCc1cc(-c2ccc3c(c2)OC(F)(F)O3)cc(C)c1CC(=O)NS(=O)(=O)c1cc2n(n1)C[C@@H](N1CC(F)C1)CO2. The minimum Gasteiger partial charge on any atom is -0.476 e. The first-order valence-electron chi connectivity index (χ1n) is 13.1. The summed E-state index contributed by atoms with van der Waals surface area (Å²) in [7, 11) is -4.28. The lowest BCUT2D eigenvalue weighted by Gasteiger charge is -2.41. The summed E-state index contributed by atoms with van der Waals surface area (Å²) in [6.45, 7) is 4.94. The van der Waals surface area contributed by atoms with Gasteiger partial charge in [-0.05, 0) is 53.3 Å². The molecule has 1 N–H and O–H groups in total. The first-order valence-corrected chi connectivity index (χ1v) is 14.6. The van der Waals surface area contributed by atoms with Gasteiger partial charge >= 0.3 is 6.29 Å². The summed E-state index contributed by atoms with van der Waals surface area (Å²) in [5.41, 5.74) is 3.53. The molecular weight excluding hydrogens is 565 g/mol. The van der Waals surface area contributed by atoms with Gasteiger partial charge in [0, 0.05) is 19.2 Å². The fraction of sp³-hybridized carbons (Fsp3) is 0.407. The van der Waals surface area contributed by atoms with Gasteiger partial charge in [0.05, 0.1) is 19.0 Å². The van der Waals surface area contributed by atoms with E-state index in [1.165, 1.54) is 22.9 Å². The summed E-state index contributed by atoms with van der Waals surface area (Å²) in [6.07, 6.45) is -4.25. The smallest absolute Gasteiger partial charge is 0.476 e. The van der Waals surface area contributed by atoms with E-state index < -0.39 is 28.4 Å². The summed E-state index contributed by atoms with van der Waals surface area (Å²) in [4.78, 5) is 14.8. The summed E-state index contributed by atoms with van der Waals surface area (Å²) in [5.74, 6) is -0.608. The molecule has 6 rings (SSSR count). The van der Waals surface area contributed by atoms with Gasteiger partial charge < -0.3 is 14.2 Å². The van der Waals surface area contributed by atoms with E-state index in [1.54, 1.807) is 19.1 Å². The molecule has 14 heteroatoms. The van der Waals surface area contributed by atoms with Gasteiger partial charge in [-0.3, -0.25) is 9.69 Å². The molecule has 1 aromatic heterocycles. The number of aryl methyl sites for hydroxylation is 2. The first-order chi connectivity index (χ1) is 19.4. The molecule has 1 amide bonds. The van der Waals surface area contributed by atoms with Crippen molar-refractivity contribution in [1.29, 1.82) is 0 Å². The number of carbonyl (C=O) groups excluding carboxylic acids is 1. The molecule has 218 valence electrons. The molecule has 0 saturated carbocycles. The Morgan fingerprint density at radius 1 is 1.10 bits per heavy atom. The van der Waals surface area contributed by atoms with Crippen molar-refractivity contribution in [2.45, 2.75) is 56.8 Å². The van der Waals surface area contributed by atoms with Gasteiger partial charge in [0.1, 0.15) is 12.8 Å². The van der Waals surface area contributed by atoms with Crippen molar-refractivity contribution in [3.63, 3.8) is 0 Å². The summed E-state index contributed by atoms with van der Waals surface area (Å²) >= 11 is 0. The number of rotatable bonds is 7. The Bertz CT molecular complexity index is 1640. The van der Waals surface area contributed by atoms with E-state index in [9.17, 15) is 26.4 Å². The number of sulfonamides is 1. The van der Waals surface area contributed by atoms with Gasteiger partial charge in [-0.1, -0.05) is 25.1 Å². The van der Waals surface area contributed by atoms with Crippen LogP contribution in [-0.2, 0) is 34.2 Å². The minimum atomic E-state index is -4.28. The van der Waals surface area contributed by atoms with Gasteiger partial charge in [0.15, 0.2) is 11.5 Å². The molecule has 3 aliphatic heterocycles. The van der Waals surface area contributed by atoms with E-state index in [-0.39, 0.29) is 41.5 Å². The van der Waals surface area contributed by atoms with E-state index in [1.807, 2.05) is 17.9 Å². The molecule has 3 aromatic rings. The number of fused-ring (bicyclic) bond motifs is 2. The molecule has 0 spiro atoms. The molecule has 0 bridgehead atoms. The van der Waals surface area contributed by atoms with Gasteiger partial charge in [-0.25, -0.2) is 13.8 Å². The topological polar surface area (TPSA) is 112 Å². The standard InChI is InChI=1S/C27H27F3N4O6S/c1-3-16-7-18(17-4-5-22-23(8-17)40-27(29,30)39-22)6-15(2)21(16)9-24(35)32-41(36,37)25-10-26-34(31-25)13-20(14-38-26)33-11-19(28)12-33/h4-8,10,19-20H,3,9,11-14H2,1-2H3,(H,32,35)/t20-/m1/s1. The fourth-order valence-electron chi connectivity index (χ4n) is 5.32. The lowest BCUT2D eigenvalue weighted by Crippen LogP contribution is -2.57. The van der Waals surface area contributed by atoms with E-state index in [4.69, 9.17) is 4.74 Å². The largest absolute Gasteiger partial charge is 0.586 e. The monoisotopic (exact) mass is 592 g/mol. The van der Waals surface area contributed by atoms with Crippen LogP contribution < -0.4 is 18.9 Å². The molecule has 10 nitrogen and oxygen atoms in total. The van der Waals surface area contributed by atoms with E-state index in [2.05, 4.69) is 19.3 Å². The number of hydrogen-bond acceptors (Lipinski definition) is 8. The zero-order valence-corrected chi connectivity index (χ0v) is 23.0. The number of benzene rings is 2. The highest BCUT2D eigenvalue weighted by molar-refractivity contribution is 7.90. The molecule has 41 heavy (non-hydrogen) atoms. The highest BCUT2D eigenvalue weighted by Crippen LogP contribution is 2.43. The molecule has 0 radical (unpaired) electrons. The normalized spacial score (nSPS) is 19.8. The van der Waals surface area contributed by atoms with E-state index in [0.717, 1.165) is 16.7 Å². The Kier molecular flexibility index (Phi) is 6.64. The maximum absolute atomic E-state index is 13.4. The van der Waals surface area contributed by atoms with Crippen LogP contribution in [0.5, 0.6) is 17.4 Å². The number of amides is 1. The lowest BCUT2D eigenvalue weighted by atomic mass is 9.92. The Morgan fingerprint density at radius 2 is 1.85 bits per heavy atom. The molecule has 1 atom stereocenters. The fourth-order valence-corrected chi connectivity index (χ4v) is 6.25. The van der Waals surface area contributed by atoms with Gasteiger partial charge in [-0.2, -0.15) is 13.5 Å². The van der Waals surface area contributed by atoms with Crippen LogP contribution in [0.3, 0.4) is 0 Å². The molecule has 1 saturated heterocycles. The Labute approximate surface area is 234 Å². The summed E-state index contributed by atoms with van der Waals surface area (Å²) < 4.78 is 84.3. The van der Waals surface area contributed by atoms with Crippen molar-refractivity contribution in [3.05, 3.63) is 53.1 Å². The number of alkyl halides is 3. The van der Waals surface area contributed by atoms with E-state index >= 15 is 0 Å². The number of likely N-dealkylation sites (tertiary alicyclic amines) is 1. The second-order valence-electron chi connectivity index (χ2n) is 10.3. The quantitative estimate of drug-likeness (QED) is 0.446. The number of nitrogens with zero attached hydrogens (tertiary/aromatic N) is 3. The van der Waals surface area contributed by atoms with Gasteiger partial charge in [-0.15, -0.1) is 8.78 Å². The third-order valence-corrected chi connectivity index (χ3v) is 8.70. The van der Waals surface area contributed by atoms with Crippen LogP contribution in [0.2, 0.25) is 0 Å². The van der Waals surface area contributed by atoms with Gasteiger partial charge in [0.25, 0.3) is 10.0 Å². The Hall–Kier alpha value is -3.78. The van der Waals surface area contributed by atoms with Crippen molar-refractivity contribution >= 4 is 15.9 Å². The third-order valence-electron chi connectivity index (χ3n) is 7.45. The maximum atomic E-state index is 13.4. The highest BCUT2D eigenvalue weighted by atomic mass is 32.2. The predicted molar refractivity (Wildman–Crippen MR) is 139 cm³/mol. The van der Waals surface area contributed by atoms with Crippen LogP contribution in [0, 0.1) is 6.92 Å². The number of carbonyl (C=O) groups is 1. The van der Waals surface area contributed by atoms with Gasteiger partial charge in [0.2, 0.25) is 16.8 Å². The average Bonchev–Trinajstić information content (AvgIpc) is 3.46. The molecular formula is C27H27F3N4O6S. The van der Waals surface area contributed by atoms with Crippen molar-refractivity contribution in [2.24, 2.45) is 0 Å². The van der Waals surface area contributed by atoms with Crippen LogP contribution in [-0.4, -0.2) is 67.2 Å². The number of ether oxygens (including phenoxy) is 3. The van der Waals surface area contributed by atoms with Crippen LogP contribution in [0.15, 0.2) is 41.4 Å². The molecule has 4 heterocycles. The highest BCUT2D eigenvalue weighted by Gasteiger charge is 2.43. The van der Waals surface area contributed by atoms with Crippen LogP contribution >= 0.6 is 0 Å². The number of halogens is 3. The van der Waals surface area contributed by atoms with Crippen LogP contribution in [0.4, 0.5) is 13.2 Å². The Morgan fingerprint density at radius 3 is 2.59 bits per heavy atom. The number of aromatic nitrogens is 2.